The highest BCUT2D eigenvalue weighted by Crippen LogP contribution is 2.43. The fraction of sp³-hybridized carbons (Fsp3) is 0.733. The minimum atomic E-state index is 0.750. The van der Waals surface area contributed by atoms with Gasteiger partial charge in [0.05, 0.1) is 0 Å². The van der Waals surface area contributed by atoms with Crippen molar-refractivity contribution in [3.8, 4) is 0 Å². The summed E-state index contributed by atoms with van der Waals surface area (Å²) in [4.78, 5) is 6.59. The molecule has 2 aliphatic carbocycles. The number of rotatable bonds is 7. The molecule has 2 heteroatoms. The van der Waals surface area contributed by atoms with E-state index in [1.54, 1.807) is 0 Å². The van der Waals surface area contributed by atoms with Gasteiger partial charge >= 0.3 is 0 Å². The number of nitrogens with one attached hydrogen (secondary N) is 1. The summed E-state index contributed by atoms with van der Waals surface area (Å²) < 4.78 is 0. The maximum Gasteiger partial charge on any atom is 0.0456 e. The van der Waals surface area contributed by atoms with Crippen molar-refractivity contribution in [3.63, 3.8) is 0 Å². The van der Waals surface area contributed by atoms with Crippen molar-refractivity contribution in [1.82, 2.24) is 9.88 Å². The fourth-order valence-electron chi connectivity index (χ4n) is 7.23. The van der Waals surface area contributed by atoms with Gasteiger partial charge in [-0.05, 0) is 79.2 Å². The molecule has 1 N–H and O–H groups in total. The first-order valence-electron chi connectivity index (χ1n) is 13.7. The van der Waals surface area contributed by atoms with E-state index in [0.717, 1.165) is 54.0 Å². The second-order valence-corrected chi connectivity index (χ2v) is 12.1. The van der Waals surface area contributed by atoms with Crippen LogP contribution in [0.2, 0.25) is 0 Å². The van der Waals surface area contributed by atoms with Crippen LogP contribution in [-0.2, 0) is 6.42 Å². The van der Waals surface area contributed by atoms with Crippen molar-refractivity contribution >= 4 is 10.9 Å². The first-order valence-corrected chi connectivity index (χ1v) is 13.7. The van der Waals surface area contributed by atoms with Gasteiger partial charge in [-0.15, -0.1) is 0 Å². The third-order valence-corrected chi connectivity index (χ3v) is 9.14. The Morgan fingerprint density at radius 2 is 1.41 bits per heavy atom. The Morgan fingerprint density at radius 1 is 0.844 bits per heavy atom. The highest BCUT2D eigenvalue weighted by Gasteiger charge is 2.42. The van der Waals surface area contributed by atoms with Crippen molar-refractivity contribution in [2.24, 2.45) is 35.5 Å². The topological polar surface area (TPSA) is 19.0 Å². The number of aromatic nitrogens is 1. The SMILES string of the molecule is CC1CCC(C(C)C)C(N(CCc2c[nH]c3ccccc23)C2CC(C)CCC2C(C)C)C1. The second kappa shape index (κ2) is 10.3. The fourth-order valence-corrected chi connectivity index (χ4v) is 7.23. The van der Waals surface area contributed by atoms with Crippen LogP contribution in [0, 0.1) is 35.5 Å². The molecule has 0 aliphatic heterocycles. The molecule has 0 bridgehead atoms. The molecule has 0 spiro atoms. The predicted molar refractivity (Wildman–Crippen MR) is 139 cm³/mol. The van der Waals surface area contributed by atoms with Crippen LogP contribution in [0.1, 0.15) is 85.6 Å². The number of hydrogen-bond donors (Lipinski definition) is 1. The minimum absolute atomic E-state index is 0.750. The lowest BCUT2D eigenvalue weighted by Gasteiger charge is -2.52. The summed E-state index contributed by atoms with van der Waals surface area (Å²) >= 11 is 0. The molecule has 2 fully saturated rings. The third-order valence-electron chi connectivity index (χ3n) is 9.14. The van der Waals surface area contributed by atoms with E-state index in [1.807, 2.05) is 0 Å². The summed E-state index contributed by atoms with van der Waals surface area (Å²) in [5, 5.41) is 1.42. The van der Waals surface area contributed by atoms with Gasteiger partial charge in [-0.25, -0.2) is 0 Å². The zero-order valence-corrected chi connectivity index (χ0v) is 21.6. The van der Waals surface area contributed by atoms with Crippen molar-refractivity contribution in [2.45, 2.75) is 98.6 Å². The largest absolute Gasteiger partial charge is 0.361 e. The Bertz CT molecular complexity index is 817. The number of H-pyrrole nitrogens is 1. The van der Waals surface area contributed by atoms with Gasteiger partial charge in [-0.3, -0.25) is 4.90 Å². The summed E-state index contributed by atoms with van der Waals surface area (Å²) in [6.07, 6.45) is 11.9. The van der Waals surface area contributed by atoms with E-state index in [2.05, 4.69) is 81.9 Å². The van der Waals surface area contributed by atoms with Gasteiger partial charge in [0.25, 0.3) is 0 Å². The van der Waals surface area contributed by atoms with Crippen LogP contribution in [0.4, 0.5) is 0 Å². The third kappa shape index (κ3) is 5.11. The normalized spacial score (nSPS) is 31.8. The molecule has 32 heavy (non-hydrogen) atoms. The standard InChI is InChI=1S/C30H48N2/c1-20(2)25-13-11-22(5)17-29(25)32(30-18-23(6)12-14-26(30)21(3)4)16-15-24-19-31-28-10-8-7-9-27(24)28/h7-10,19-23,25-26,29-31H,11-18H2,1-6H3. The van der Waals surface area contributed by atoms with E-state index in [4.69, 9.17) is 0 Å². The number of nitrogens with zero attached hydrogens (tertiary/aromatic N) is 1. The zero-order valence-electron chi connectivity index (χ0n) is 21.6. The van der Waals surface area contributed by atoms with E-state index in [1.165, 1.54) is 61.5 Å². The lowest BCUT2D eigenvalue weighted by molar-refractivity contribution is -0.0218. The molecule has 6 atom stereocenters. The number of fused-ring (bicyclic) bond motifs is 1. The molecule has 0 saturated heterocycles. The Labute approximate surface area is 197 Å². The Balaban J connectivity index is 1.65. The molecule has 178 valence electrons. The Hall–Kier alpha value is -1.28. The van der Waals surface area contributed by atoms with Gasteiger partial charge in [-0.2, -0.15) is 0 Å². The van der Waals surface area contributed by atoms with Gasteiger partial charge in [0.1, 0.15) is 0 Å². The average Bonchev–Trinajstić information content (AvgIpc) is 3.17. The number of benzene rings is 1. The van der Waals surface area contributed by atoms with Crippen LogP contribution >= 0.6 is 0 Å². The summed E-state index contributed by atoms with van der Waals surface area (Å²) in [5.74, 6) is 4.98. The van der Waals surface area contributed by atoms with Gasteiger partial charge in [0.2, 0.25) is 0 Å². The highest BCUT2D eigenvalue weighted by atomic mass is 15.2. The van der Waals surface area contributed by atoms with Crippen molar-refractivity contribution in [3.05, 3.63) is 36.0 Å². The molecule has 1 aromatic heterocycles. The Kier molecular flexibility index (Phi) is 7.70. The number of hydrogen-bond acceptors (Lipinski definition) is 1. The molecular formula is C30H48N2. The maximum atomic E-state index is 3.52. The van der Waals surface area contributed by atoms with Crippen molar-refractivity contribution in [1.29, 1.82) is 0 Å². The second-order valence-electron chi connectivity index (χ2n) is 12.1. The van der Waals surface area contributed by atoms with Gasteiger partial charge in [-0.1, -0.05) is 72.6 Å². The van der Waals surface area contributed by atoms with E-state index in [9.17, 15) is 0 Å². The summed E-state index contributed by atoms with van der Waals surface area (Å²) in [6, 6.07) is 10.3. The monoisotopic (exact) mass is 436 g/mol. The summed E-state index contributed by atoms with van der Waals surface area (Å²) in [7, 11) is 0. The van der Waals surface area contributed by atoms with E-state index in [-0.39, 0.29) is 0 Å². The van der Waals surface area contributed by atoms with E-state index in [0.29, 0.717) is 0 Å². The van der Waals surface area contributed by atoms with E-state index >= 15 is 0 Å². The maximum absolute atomic E-state index is 3.52. The highest BCUT2D eigenvalue weighted by molar-refractivity contribution is 5.83. The first-order chi connectivity index (χ1) is 15.3. The predicted octanol–water partition coefficient (Wildman–Crippen LogP) is 7.93. The summed E-state index contributed by atoms with van der Waals surface area (Å²) in [5.41, 5.74) is 2.78. The number of aromatic amines is 1. The summed E-state index contributed by atoms with van der Waals surface area (Å²) in [6.45, 7) is 16.1. The lowest BCUT2D eigenvalue weighted by atomic mass is 9.69. The van der Waals surface area contributed by atoms with Gasteiger partial charge < -0.3 is 4.98 Å². The molecule has 2 aliphatic rings. The van der Waals surface area contributed by atoms with Crippen LogP contribution < -0.4 is 0 Å². The molecule has 4 rings (SSSR count). The molecule has 2 saturated carbocycles. The minimum Gasteiger partial charge on any atom is -0.361 e. The van der Waals surface area contributed by atoms with Gasteiger partial charge in [0, 0.05) is 35.7 Å². The van der Waals surface area contributed by atoms with Crippen molar-refractivity contribution < 1.29 is 0 Å². The molecule has 0 amide bonds. The van der Waals surface area contributed by atoms with Crippen LogP contribution in [0.25, 0.3) is 10.9 Å². The van der Waals surface area contributed by atoms with Crippen LogP contribution in [0.5, 0.6) is 0 Å². The van der Waals surface area contributed by atoms with Crippen molar-refractivity contribution in [2.75, 3.05) is 6.54 Å². The number of para-hydroxylation sites is 1. The molecule has 6 unspecified atom stereocenters. The average molecular weight is 437 g/mol. The van der Waals surface area contributed by atoms with Crippen LogP contribution in [0.3, 0.4) is 0 Å². The zero-order chi connectivity index (χ0) is 22.8. The molecule has 0 radical (unpaired) electrons. The smallest absolute Gasteiger partial charge is 0.0456 e. The molecule has 2 nitrogen and oxygen atoms in total. The quantitative estimate of drug-likeness (QED) is 0.467. The molecule has 1 aromatic carbocycles. The molecular weight excluding hydrogens is 388 g/mol. The lowest BCUT2D eigenvalue weighted by Crippen LogP contribution is -2.55. The molecule has 2 aromatic rings. The molecule has 1 heterocycles. The Morgan fingerprint density at radius 3 is 1.97 bits per heavy atom. The van der Waals surface area contributed by atoms with Gasteiger partial charge in [0.15, 0.2) is 0 Å². The van der Waals surface area contributed by atoms with Crippen LogP contribution in [-0.4, -0.2) is 28.5 Å². The van der Waals surface area contributed by atoms with E-state index < -0.39 is 0 Å². The first kappa shape index (κ1) is 23.9. The van der Waals surface area contributed by atoms with Crippen LogP contribution in [0.15, 0.2) is 30.5 Å².